The highest BCUT2D eigenvalue weighted by atomic mass is 35.5. The fourth-order valence-electron chi connectivity index (χ4n) is 2.78. The van der Waals surface area contributed by atoms with Gasteiger partial charge in [0.1, 0.15) is 11.8 Å². The number of pyridine rings is 1. The molecule has 29 heavy (non-hydrogen) atoms. The van der Waals surface area contributed by atoms with Crippen molar-refractivity contribution in [1.82, 2.24) is 4.57 Å². The number of benzene rings is 1. The van der Waals surface area contributed by atoms with Crippen LogP contribution in [0.2, 0.25) is 5.02 Å². The Balaban J connectivity index is 2.63. The maximum atomic E-state index is 12.9. The number of carboxylic acids is 1. The fraction of sp³-hybridized carbons (Fsp3) is 0.316. The number of carbonyl (C=O) groups is 1. The van der Waals surface area contributed by atoms with Crippen LogP contribution in [0.1, 0.15) is 24.9 Å². The summed E-state index contributed by atoms with van der Waals surface area (Å²) in [5, 5.41) is 19.0. The van der Waals surface area contributed by atoms with Crippen LogP contribution in [0.25, 0.3) is 11.1 Å². The number of hydrogen-bond donors (Lipinski definition) is 1. The Morgan fingerprint density at radius 2 is 2.00 bits per heavy atom. The van der Waals surface area contributed by atoms with Gasteiger partial charge >= 0.3 is 12.1 Å². The van der Waals surface area contributed by atoms with Crippen LogP contribution in [-0.4, -0.2) is 28.9 Å². The highest BCUT2D eigenvalue weighted by molar-refractivity contribution is 6.31. The molecular weight excluding hydrogens is 413 g/mol. The lowest BCUT2D eigenvalue weighted by Gasteiger charge is -2.22. The van der Waals surface area contributed by atoms with Gasteiger partial charge < -0.3 is 9.84 Å². The van der Waals surface area contributed by atoms with Gasteiger partial charge in [-0.05, 0) is 24.6 Å². The molecule has 0 aliphatic heterocycles. The lowest BCUT2D eigenvalue weighted by Crippen LogP contribution is -2.33. The van der Waals surface area contributed by atoms with E-state index in [1.165, 1.54) is 25.3 Å². The molecule has 0 saturated heterocycles. The Kier molecular flexibility index (Phi) is 6.59. The molecular formula is C19H16ClF3N2O4. The van der Waals surface area contributed by atoms with Crippen molar-refractivity contribution in [3.63, 3.8) is 0 Å². The Bertz CT molecular complexity index is 1030. The van der Waals surface area contributed by atoms with Crippen LogP contribution < -0.4 is 10.3 Å². The number of alkyl halides is 3. The quantitative estimate of drug-likeness (QED) is 0.742. The molecule has 1 N–H and O–H groups in total. The molecule has 1 aromatic carbocycles. The van der Waals surface area contributed by atoms with Gasteiger partial charge in [0, 0.05) is 22.2 Å². The predicted octanol–water partition coefficient (Wildman–Crippen LogP) is 4.26. The first-order valence-corrected chi connectivity index (χ1v) is 8.67. The molecule has 1 heterocycles. The number of nitriles is 1. The van der Waals surface area contributed by atoms with E-state index in [4.69, 9.17) is 16.3 Å². The molecule has 0 fully saturated rings. The van der Waals surface area contributed by atoms with Crippen molar-refractivity contribution in [3.05, 3.63) is 51.4 Å². The van der Waals surface area contributed by atoms with E-state index < -0.39 is 36.1 Å². The second-order valence-electron chi connectivity index (χ2n) is 6.34. The summed E-state index contributed by atoms with van der Waals surface area (Å²) in [7, 11) is 1.25. The van der Waals surface area contributed by atoms with Crippen molar-refractivity contribution >= 4 is 17.6 Å². The maximum Gasteiger partial charge on any atom is 0.391 e. The summed E-state index contributed by atoms with van der Waals surface area (Å²) in [6.07, 6.45) is -4.41. The summed E-state index contributed by atoms with van der Waals surface area (Å²) >= 11 is 5.96. The lowest BCUT2D eigenvalue weighted by atomic mass is 9.99. The third kappa shape index (κ3) is 4.90. The highest BCUT2D eigenvalue weighted by Gasteiger charge is 2.39. The van der Waals surface area contributed by atoms with Crippen LogP contribution in [0.3, 0.4) is 0 Å². The van der Waals surface area contributed by atoms with E-state index in [0.717, 1.165) is 19.2 Å². The fourth-order valence-corrected chi connectivity index (χ4v) is 2.96. The number of nitrogens with zero attached hydrogens (tertiary/aromatic N) is 2. The number of hydrogen-bond acceptors (Lipinski definition) is 4. The zero-order valence-electron chi connectivity index (χ0n) is 15.3. The standard InChI is InChI=1S/C19H16ClF3N2O4/c1-10(19(21,22)23)5-15(18(27)28)25-9-16(29-2)14(7-17(25)26)13-6-12(20)4-3-11(13)8-24/h3-4,6-7,9-10,15H,5H2,1-2H3,(H,27,28). The van der Waals surface area contributed by atoms with Crippen molar-refractivity contribution in [3.8, 4) is 22.9 Å². The summed E-state index contributed by atoms with van der Waals surface area (Å²) in [5.41, 5.74) is -0.228. The van der Waals surface area contributed by atoms with Crippen LogP contribution >= 0.6 is 11.6 Å². The second-order valence-corrected chi connectivity index (χ2v) is 6.77. The van der Waals surface area contributed by atoms with E-state index in [0.29, 0.717) is 4.57 Å². The van der Waals surface area contributed by atoms with Gasteiger partial charge in [-0.25, -0.2) is 4.79 Å². The Labute approximate surface area is 168 Å². The summed E-state index contributed by atoms with van der Waals surface area (Å²) in [6.45, 7) is 0.845. The maximum absolute atomic E-state index is 12.9. The van der Waals surface area contributed by atoms with Crippen LogP contribution in [0.4, 0.5) is 13.2 Å². The van der Waals surface area contributed by atoms with Gasteiger partial charge in [-0.15, -0.1) is 0 Å². The summed E-state index contributed by atoms with van der Waals surface area (Å²) in [5.74, 6) is -3.52. The molecule has 0 aliphatic carbocycles. The minimum Gasteiger partial charge on any atom is -0.495 e. The van der Waals surface area contributed by atoms with Gasteiger partial charge in [0.05, 0.1) is 30.9 Å². The minimum absolute atomic E-state index is 0.00859. The highest BCUT2D eigenvalue weighted by Crippen LogP contribution is 2.35. The zero-order valence-corrected chi connectivity index (χ0v) is 16.1. The van der Waals surface area contributed by atoms with E-state index in [-0.39, 0.29) is 27.5 Å². The molecule has 2 aromatic rings. The molecule has 0 saturated carbocycles. The second kappa shape index (κ2) is 8.57. The monoisotopic (exact) mass is 428 g/mol. The minimum atomic E-state index is -4.61. The average molecular weight is 429 g/mol. The molecule has 0 aliphatic rings. The van der Waals surface area contributed by atoms with Crippen molar-refractivity contribution < 1.29 is 27.8 Å². The van der Waals surface area contributed by atoms with Gasteiger partial charge in [-0.2, -0.15) is 18.4 Å². The van der Waals surface area contributed by atoms with Crippen molar-refractivity contribution in [2.75, 3.05) is 7.11 Å². The molecule has 10 heteroatoms. The molecule has 0 spiro atoms. The molecule has 2 unspecified atom stereocenters. The van der Waals surface area contributed by atoms with Gasteiger partial charge in [0.2, 0.25) is 0 Å². The van der Waals surface area contributed by atoms with Crippen LogP contribution in [-0.2, 0) is 4.79 Å². The number of aliphatic carboxylic acids is 1. The molecule has 0 amide bonds. The predicted molar refractivity (Wildman–Crippen MR) is 98.9 cm³/mol. The van der Waals surface area contributed by atoms with Crippen molar-refractivity contribution in [2.45, 2.75) is 25.6 Å². The number of carboxylic acid groups (broad SMARTS) is 1. The van der Waals surface area contributed by atoms with Crippen LogP contribution in [0.5, 0.6) is 5.75 Å². The first-order valence-electron chi connectivity index (χ1n) is 8.29. The van der Waals surface area contributed by atoms with Crippen LogP contribution in [0, 0.1) is 17.2 Å². The average Bonchev–Trinajstić information content (AvgIpc) is 2.64. The number of ether oxygens (including phenoxy) is 1. The molecule has 6 nitrogen and oxygen atoms in total. The summed E-state index contributed by atoms with van der Waals surface area (Å²) in [4.78, 5) is 24.2. The number of rotatable bonds is 6. The van der Waals surface area contributed by atoms with Gasteiger partial charge in [0.15, 0.2) is 0 Å². The van der Waals surface area contributed by atoms with Gasteiger partial charge in [0.25, 0.3) is 5.56 Å². The molecule has 0 bridgehead atoms. The third-order valence-corrected chi connectivity index (χ3v) is 4.65. The third-order valence-electron chi connectivity index (χ3n) is 4.41. The van der Waals surface area contributed by atoms with E-state index >= 15 is 0 Å². The summed E-state index contributed by atoms with van der Waals surface area (Å²) < 4.78 is 44.6. The van der Waals surface area contributed by atoms with Crippen molar-refractivity contribution in [2.24, 2.45) is 5.92 Å². The Hall–Kier alpha value is -2.99. The largest absolute Gasteiger partial charge is 0.495 e. The smallest absolute Gasteiger partial charge is 0.391 e. The number of methoxy groups -OCH3 is 1. The first-order chi connectivity index (χ1) is 13.5. The SMILES string of the molecule is COc1cn(C(CC(C)C(F)(F)F)C(=O)O)c(=O)cc1-c1cc(Cl)ccc1C#N. The van der Waals surface area contributed by atoms with Crippen LogP contribution in [0.15, 0.2) is 35.3 Å². The molecule has 1 aromatic heterocycles. The molecule has 2 atom stereocenters. The molecule has 0 radical (unpaired) electrons. The normalized spacial score (nSPS) is 13.4. The van der Waals surface area contributed by atoms with E-state index in [1.807, 2.05) is 6.07 Å². The number of aromatic nitrogens is 1. The molecule has 2 rings (SSSR count). The van der Waals surface area contributed by atoms with E-state index in [9.17, 15) is 33.1 Å². The summed E-state index contributed by atoms with van der Waals surface area (Å²) in [6, 6.07) is 5.56. The lowest BCUT2D eigenvalue weighted by molar-refractivity contribution is -0.175. The first kappa shape index (κ1) is 22.3. The van der Waals surface area contributed by atoms with E-state index in [1.54, 1.807) is 0 Å². The Morgan fingerprint density at radius 3 is 2.52 bits per heavy atom. The topological polar surface area (TPSA) is 92.3 Å². The Morgan fingerprint density at radius 1 is 1.34 bits per heavy atom. The van der Waals surface area contributed by atoms with Gasteiger partial charge in [-0.3, -0.25) is 9.36 Å². The van der Waals surface area contributed by atoms with Gasteiger partial charge in [-0.1, -0.05) is 18.5 Å². The van der Waals surface area contributed by atoms with E-state index in [2.05, 4.69) is 0 Å². The number of halogens is 4. The zero-order chi connectivity index (χ0) is 21.9. The van der Waals surface area contributed by atoms with Crippen molar-refractivity contribution in [1.29, 1.82) is 5.26 Å². The molecule has 154 valence electrons.